The zero-order chi connectivity index (χ0) is 29.0. The van der Waals surface area contributed by atoms with Gasteiger partial charge in [-0.1, -0.05) is 36.4 Å². The molecule has 0 bridgehead atoms. The van der Waals surface area contributed by atoms with Crippen LogP contribution >= 0.6 is 0 Å². The average molecular weight is 562 g/mol. The highest BCUT2D eigenvalue weighted by Crippen LogP contribution is 2.31. The molecule has 0 aromatic heterocycles. The lowest BCUT2D eigenvalue weighted by Gasteiger charge is -2.22. The number of benzene rings is 3. The summed E-state index contributed by atoms with van der Waals surface area (Å²) in [7, 11) is 0. The molecule has 2 N–H and O–H groups in total. The van der Waals surface area contributed by atoms with E-state index in [-0.39, 0.29) is 16.7 Å². The number of nitrogens with one attached hydrogen (secondary N) is 2. The first-order chi connectivity index (χ1) is 18.0. The fourth-order valence-electron chi connectivity index (χ4n) is 3.49. The van der Waals surface area contributed by atoms with E-state index in [9.17, 15) is 49.1 Å². The van der Waals surface area contributed by atoms with Gasteiger partial charge in [-0.05, 0) is 53.1 Å². The number of hydrogen-bond acceptors (Lipinski definition) is 2. The highest BCUT2D eigenvalue weighted by molar-refractivity contribution is 5.82. The fraction of sp³-hybridized carbons (Fsp3) is 0.231. The van der Waals surface area contributed by atoms with Gasteiger partial charge in [0.15, 0.2) is 0 Å². The van der Waals surface area contributed by atoms with Crippen LogP contribution in [0.1, 0.15) is 39.5 Å². The van der Waals surface area contributed by atoms with Crippen LogP contribution in [-0.4, -0.2) is 11.8 Å². The van der Waals surface area contributed by atoms with Gasteiger partial charge in [-0.25, -0.2) is 0 Å². The second-order valence-electron chi connectivity index (χ2n) is 8.43. The van der Waals surface area contributed by atoms with Crippen molar-refractivity contribution in [1.82, 2.24) is 10.6 Å². The topological polar surface area (TPSA) is 58.2 Å². The van der Waals surface area contributed by atoms with Gasteiger partial charge in [-0.15, -0.1) is 0 Å². The van der Waals surface area contributed by atoms with E-state index in [1.807, 2.05) is 0 Å². The van der Waals surface area contributed by atoms with E-state index in [4.69, 9.17) is 0 Å². The number of carbonyl (C=O) groups is 2. The van der Waals surface area contributed by atoms with Crippen molar-refractivity contribution in [3.63, 3.8) is 0 Å². The third-order valence-corrected chi connectivity index (χ3v) is 5.47. The van der Waals surface area contributed by atoms with E-state index in [1.165, 1.54) is 0 Å². The van der Waals surface area contributed by atoms with E-state index >= 15 is 0 Å². The van der Waals surface area contributed by atoms with Crippen LogP contribution in [0, 0.1) is 0 Å². The molecule has 0 radical (unpaired) electrons. The van der Waals surface area contributed by atoms with E-state index in [2.05, 4.69) is 10.6 Å². The maximum Gasteiger partial charge on any atom is 0.416 e. The monoisotopic (exact) mass is 562 g/mol. The molecule has 0 atom stereocenters. The molecule has 0 spiro atoms. The molecule has 0 aliphatic heterocycles. The molecule has 0 heterocycles. The Balaban J connectivity index is 1.76. The highest BCUT2D eigenvalue weighted by Gasteiger charge is 2.32. The van der Waals surface area contributed by atoms with Crippen molar-refractivity contribution in [3.05, 3.63) is 106 Å². The van der Waals surface area contributed by atoms with Gasteiger partial charge in [0.1, 0.15) is 6.17 Å². The Hall–Kier alpha value is -4.03. The minimum absolute atomic E-state index is 0.0459. The number of halogens is 9. The first-order valence-corrected chi connectivity index (χ1v) is 11.1. The number of alkyl halides is 9. The average Bonchev–Trinajstić information content (AvgIpc) is 2.82. The van der Waals surface area contributed by atoms with Gasteiger partial charge in [-0.3, -0.25) is 9.59 Å². The molecule has 0 fully saturated rings. The van der Waals surface area contributed by atoms with Crippen LogP contribution in [0.15, 0.2) is 72.8 Å². The Bertz CT molecular complexity index is 1210. The summed E-state index contributed by atoms with van der Waals surface area (Å²) in [6.07, 6.45) is -16.0. The molecular formula is C26H19F9N2O2. The maximum atomic E-state index is 12.9. The van der Waals surface area contributed by atoms with E-state index in [0.29, 0.717) is 0 Å². The predicted octanol–water partition coefficient (Wildman–Crippen LogP) is 6.46. The van der Waals surface area contributed by atoms with Crippen molar-refractivity contribution in [2.24, 2.45) is 0 Å². The molecular weight excluding hydrogens is 543 g/mol. The zero-order valence-corrected chi connectivity index (χ0v) is 19.6. The van der Waals surface area contributed by atoms with Gasteiger partial charge in [0.2, 0.25) is 11.8 Å². The molecule has 3 aromatic rings. The van der Waals surface area contributed by atoms with Crippen molar-refractivity contribution in [2.45, 2.75) is 37.5 Å². The Morgan fingerprint density at radius 3 is 1.08 bits per heavy atom. The number of amides is 2. The summed E-state index contributed by atoms with van der Waals surface area (Å²) in [4.78, 5) is 25.2. The summed E-state index contributed by atoms with van der Waals surface area (Å²) >= 11 is 0. The SMILES string of the molecule is O=C(Cc1ccc(C(F)(F)F)cc1)NC(NC(=O)Cc1ccc(C(F)(F)F)cc1)c1ccc(C(F)(F)F)cc1. The second-order valence-corrected chi connectivity index (χ2v) is 8.43. The third kappa shape index (κ3) is 8.48. The lowest BCUT2D eigenvalue weighted by Crippen LogP contribution is -2.42. The van der Waals surface area contributed by atoms with Crippen LogP contribution in [0.2, 0.25) is 0 Å². The minimum atomic E-state index is -4.65. The van der Waals surface area contributed by atoms with E-state index in [0.717, 1.165) is 72.8 Å². The van der Waals surface area contributed by atoms with Gasteiger partial charge in [0, 0.05) is 0 Å². The lowest BCUT2D eigenvalue weighted by atomic mass is 10.1. The molecule has 39 heavy (non-hydrogen) atoms. The van der Waals surface area contributed by atoms with Crippen molar-refractivity contribution < 1.29 is 49.1 Å². The predicted molar refractivity (Wildman–Crippen MR) is 121 cm³/mol. The van der Waals surface area contributed by atoms with Crippen molar-refractivity contribution in [2.75, 3.05) is 0 Å². The largest absolute Gasteiger partial charge is 0.416 e. The molecule has 0 aliphatic rings. The van der Waals surface area contributed by atoms with Gasteiger partial charge in [0.25, 0.3) is 0 Å². The Morgan fingerprint density at radius 2 is 0.795 bits per heavy atom. The van der Waals surface area contributed by atoms with Crippen molar-refractivity contribution in [3.8, 4) is 0 Å². The number of rotatable bonds is 7. The summed E-state index contributed by atoms with van der Waals surface area (Å²) in [6.45, 7) is 0. The standard InChI is InChI=1S/C26H19F9N2O2/c27-24(28,29)18-7-1-15(2-8-18)13-21(38)36-23(17-5-11-20(12-6-17)26(33,34)35)37-22(39)14-16-3-9-19(10-4-16)25(30,31)32/h1-12,23H,13-14H2,(H,36,38)(H,37,39). The van der Waals surface area contributed by atoms with Crippen LogP contribution in [-0.2, 0) is 41.0 Å². The molecule has 0 unspecified atom stereocenters. The number of hydrogen-bond donors (Lipinski definition) is 2. The Kier molecular flexibility index (Phi) is 8.61. The maximum absolute atomic E-state index is 12.9. The second kappa shape index (κ2) is 11.4. The molecule has 3 aromatic carbocycles. The highest BCUT2D eigenvalue weighted by atomic mass is 19.4. The van der Waals surface area contributed by atoms with Gasteiger partial charge in [0.05, 0.1) is 29.5 Å². The van der Waals surface area contributed by atoms with Crippen molar-refractivity contribution >= 4 is 11.8 Å². The minimum Gasteiger partial charge on any atom is -0.332 e. The first kappa shape index (κ1) is 29.5. The molecule has 0 saturated carbocycles. The summed E-state index contributed by atoms with van der Waals surface area (Å²) in [6, 6.07) is 10.9. The molecule has 3 rings (SSSR count). The first-order valence-electron chi connectivity index (χ1n) is 11.1. The van der Waals surface area contributed by atoms with E-state index < -0.39 is 66.0 Å². The van der Waals surface area contributed by atoms with Crippen molar-refractivity contribution in [1.29, 1.82) is 0 Å². The summed E-state index contributed by atoms with van der Waals surface area (Å²) < 4.78 is 115. The fourth-order valence-corrected chi connectivity index (χ4v) is 3.49. The molecule has 2 amide bonds. The Morgan fingerprint density at radius 1 is 0.513 bits per heavy atom. The van der Waals surface area contributed by atoms with Crippen LogP contribution in [0.3, 0.4) is 0 Å². The normalized spacial score (nSPS) is 12.4. The lowest BCUT2D eigenvalue weighted by molar-refractivity contribution is -0.138. The van der Waals surface area contributed by atoms with Gasteiger partial charge >= 0.3 is 18.5 Å². The van der Waals surface area contributed by atoms with Crippen LogP contribution < -0.4 is 10.6 Å². The molecule has 0 saturated heterocycles. The number of carbonyl (C=O) groups excluding carboxylic acids is 2. The molecule has 0 aliphatic carbocycles. The van der Waals surface area contributed by atoms with Crippen LogP contribution in [0.5, 0.6) is 0 Å². The smallest absolute Gasteiger partial charge is 0.332 e. The molecule has 13 heteroatoms. The summed E-state index contributed by atoms with van der Waals surface area (Å²) in [5.74, 6) is -1.54. The molecule has 4 nitrogen and oxygen atoms in total. The van der Waals surface area contributed by atoms with Crippen LogP contribution in [0.25, 0.3) is 0 Å². The third-order valence-electron chi connectivity index (χ3n) is 5.47. The molecule has 208 valence electrons. The zero-order valence-electron chi connectivity index (χ0n) is 19.6. The van der Waals surface area contributed by atoms with Gasteiger partial charge < -0.3 is 10.6 Å². The van der Waals surface area contributed by atoms with Crippen LogP contribution in [0.4, 0.5) is 39.5 Å². The van der Waals surface area contributed by atoms with E-state index in [1.54, 1.807) is 0 Å². The van der Waals surface area contributed by atoms with Gasteiger partial charge in [-0.2, -0.15) is 39.5 Å². The quantitative estimate of drug-likeness (QED) is 0.257. The summed E-state index contributed by atoms with van der Waals surface area (Å²) in [5.41, 5.74) is -2.40. The summed E-state index contributed by atoms with van der Waals surface area (Å²) in [5, 5.41) is 4.81. The Labute approximate surface area is 215 Å².